The van der Waals surface area contributed by atoms with Gasteiger partial charge in [0.05, 0.1) is 37.5 Å². The van der Waals surface area contributed by atoms with Gasteiger partial charge in [-0.15, -0.1) is 6.58 Å². The van der Waals surface area contributed by atoms with E-state index in [4.69, 9.17) is 9.47 Å². The minimum absolute atomic E-state index is 0.0691. The summed E-state index contributed by atoms with van der Waals surface area (Å²) in [7, 11) is 0. The van der Waals surface area contributed by atoms with E-state index in [0.717, 1.165) is 29.3 Å². The van der Waals surface area contributed by atoms with Crippen LogP contribution < -0.4 is 0 Å². The van der Waals surface area contributed by atoms with Gasteiger partial charge < -0.3 is 14.4 Å². The average molecular weight is 352 g/mol. The number of nitrogens with zero attached hydrogens (tertiary/aromatic N) is 2. The van der Waals surface area contributed by atoms with E-state index in [0.29, 0.717) is 32.3 Å². The maximum Gasteiger partial charge on any atom is 0.254 e. The molecule has 0 spiro atoms. The Morgan fingerprint density at radius 3 is 3.19 bits per heavy atom. The summed E-state index contributed by atoms with van der Waals surface area (Å²) in [6, 6.07) is 9.76. The molecule has 0 N–H and O–H groups in total. The summed E-state index contributed by atoms with van der Waals surface area (Å²) in [4.78, 5) is 19.5. The lowest BCUT2D eigenvalue weighted by molar-refractivity contribution is -0.0738. The molecule has 2 aromatic rings. The quantitative estimate of drug-likeness (QED) is 0.613. The number of rotatable bonds is 5. The Labute approximate surface area is 153 Å². The molecular formula is C21H24N2O3. The van der Waals surface area contributed by atoms with Crippen LogP contribution >= 0.6 is 0 Å². The molecule has 1 amide bonds. The Balaban J connectivity index is 1.51. The monoisotopic (exact) mass is 352 g/mol. The number of carbonyl (C=O) groups excluding carboxylic acids is 1. The van der Waals surface area contributed by atoms with Crippen LogP contribution in [0.15, 0.2) is 49.2 Å². The van der Waals surface area contributed by atoms with E-state index in [1.54, 1.807) is 12.3 Å². The highest BCUT2D eigenvalue weighted by atomic mass is 16.5. The van der Waals surface area contributed by atoms with Crippen LogP contribution in [0.1, 0.15) is 23.2 Å². The molecule has 1 aromatic heterocycles. The van der Waals surface area contributed by atoms with Gasteiger partial charge in [-0.3, -0.25) is 9.78 Å². The third kappa shape index (κ3) is 3.24. The maximum absolute atomic E-state index is 13.2. The average Bonchev–Trinajstić information content (AvgIpc) is 3.10. The highest BCUT2D eigenvalue weighted by Gasteiger charge is 2.44. The minimum Gasteiger partial charge on any atom is -0.377 e. The van der Waals surface area contributed by atoms with E-state index in [1.165, 1.54) is 0 Å². The summed E-state index contributed by atoms with van der Waals surface area (Å²) in [5.41, 5.74) is 1.63. The molecule has 3 atom stereocenters. The zero-order chi connectivity index (χ0) is 17.9. The third-order valence-electron chi connectivity index (χ3n) is 5.40. The number of carbonyl (C=O) groups is 1. The number of hydrogen-bond acceptors (Lipinski definition) is 4. The molecule has 1 saturated heterocycles. The van der Waals surface area contributed by atoms with Gasteiger partial charge in [0.2, 0.25) is 0 Å². The molecule has 136 valence electrons. The summed E-state index contributed by atoms with van der Waals surface area (Å²) in [5, 5.41) is 0.991. The molecule has 2 heterocycles. The van der Waals surface area contributed by atoms with Gasteiger partial charge in [-0.2, -0.15) is 0 Å². The molecule has 2 fully saturated rings. The first-order chi connectivity index (χ1) is 12.8. The second kappa shape index (κ2) is 7.56. The van der Waals surface area contributed by atoms with E-state index in [9.17, 15) is 4.79 Å². The van der Waals surface area contributed by atoms with Crippen molar-refractivity contribution in [2.45, 2.75) is 25.0 Å². The van der Waals surface area contributed by atoms with E-state index in [1.807, 2.05) is 35.2 Å². The maximum atomic E-state index is 13.2. The first kappa shape index (κ1) is 17.2. The highest BCUT2D eigenvalue weighted by Crippen LogP contribution is 2.35. The fraction of sp³-hybridized carbons (Fsp3) is 0.429. The number of morpholine rings is 1. The summed E-state index contributed by atoms with van der Waals surface area (Å²) in [6.07, 6.45) is 5.59. The molecule has 0 radical (unpaired) electrons. The predicted octanol–water partition coefficient (Wildman–Crippen LogP) is 3.06. The number of aromatic nitrogens is 1. The molecule has 0 unspecified atom stereocenters. The lowest BCUT2D eigenvalue weighted by atomic mass is 10.0. The smallest absolute Gasteiger partial charge is 0.254 e. The Hall–Kier alpha value is -2.24. The summed E-state index contributed by atoms with van der Waals surface area (Å²) < 4.78 is 11.7. The molecule has 26 heavy (non-hydrogen) atoms. The largest absolute Gasteiger partial charge is 0.377 e. The Morgan fingerprint density at radius 1 is 1.38 bits per heavy atom. The molecule has 1 saturated carbocycles. The van der Waals surface area contributed by atoms with Crippen molar-refractivity contribution in [1.82, 2.24) is 9.88 Å². The molecule has 1 aliphatic carbocycles. The number of fused-ring (bicyclic) bond motifs is 2. The first-order valence-electron chi connectivity index (χ1n) is 9.24. The Morgan fingerprint density at radius 2 is 2.31 bits per heavy atom. The molecular weight excluding hydrogens is 328 g/mol. The summed E-state index contributed by atoms with van der Waals surface area (Å²) in [5.74, 6) is 0.429. The van der Waals surface area contributed by atoms with Crippen molar-refractivity contribution >= 4 is 16.8 Å². The van der Waals surface area contributed by atoms with Crippen LogP contribution in [0.2, 0.25) is 0 Å². The summed E-state index contributed by atoms with van der Waals surface area (Å²) in [6.45, 7) is 6.13. The standard InChI is InChI=1S/C21H24N2O3/c1-2-11-25-14-17-6-8-19-20(17)26-12-10-23(19)21(24)16-5-7-18-15(13-16)4-3-9-22-18/h2-5,7,9,13,17,19-20H,1,6,8,10-12,14H2/t17-,19+,20+/m0/s1. The molecule has 1 aliphatic heterocycles. The summed E-state index contributed by atoms with van der Waals surface area (Å²) >= 11 is 0. The van der Waals surface area contributed by atoms with E-state index in [2.05, 4.69) is 11.6 Å². The lowest BCUT2D eigenvalue weighted by Gasteiger charge is -2.39. The highest BCUT2D eigenvalue weighted by molar-refractivity contribution is 5.98. The zero-order valence-corrected chi connectivity index (χ0v) is 14.8. The Bertz CT molecular complexity index is 807. The predicted molar refractivity (Wildman–Crippen MR) is 100 cm³/mol. The molecule has 4 rings (SSSR count). The van der Waals surface area contributed by atoms with Crippen molar-refractivity contribution in [3.63, 3.8) is 0 Å². The van der Waals surface area contributed by atoms with Crippen LogP contribution in [0.3, 0.4) is 0 Å². The molecule has 2 aliphatic rings. The van der Waals surface area contributed by atoms with E-state index in [-0.39, 0.29) is 18.1 Å². The number of pyridine rings is 1. The van der Waals surface area contributed by atoms with E-state index >= 15 is 0 Å². The number of hydrogen-bond donors (Lipinski definition) is 0. The SMILES string of the molecule is C=CCOC[C@@H]1CC[C@@H]2[C@@H]1OCCN2C(=O)c1ccc2ncccc2c1. The number of ether oxygens (including phenoxy) is 2. The fourth-order valence-corrected chi connectivity index (χ4v) is 4.17. The normalized spacial score (nSPS) is 25.2. The van der Waals surface area contributed by atoms with Crippen molar-refractivity contribution < 1.29 is 14.3 Å². The van der Waals surface area contributed by atoms with Gasteiger partial charge in [0.1, 0.15) is 0 Å². The van der Waals surface area contributed by atoms with Crippen molar-refractivity contribution in [3.8, 4) is 0 Å². The van der Waals surface area contributed by atoms with Gasteiger partial charge in [-0.1, -0.05) is 12.1 Å². The van der Waals surface area contributed by atoms with Crippen LogP contribution in [-0.4, -0.2) is 54.3 Å². The van der Waals surface area contributed by atoms with Gasteiger partial charge in [0.15, 0.2) is 0 Å². The van der Waals surface area contributed by atoms with Gasteiger partial charge in [-0.25, -0.2) is 0 Å². The van der Waals surface area contributed by atoms with Gasteiger partial charge in [0.25, 0.3) is 5.91 Å². The Kier molecular flexibility index (Phi) is 5.00. The molecule has 1 aromatic carbocycles. The van der Waals surface area contributed by atoms with Gasteiger partial charge >= 0.3 is 0 Å². The van der Waals surface area contributed by atoms with Crippen LogP contribution in [0.4, 0.5) is 0 Å². The number of amides is 1. The molecule has 5 nitrogen and oxygen atoms in total. The van der Waals surface area contributed by atoms with Crippen LogP contribution in [0.25, 0.3) is 10.9 Å². The van der Waals surface area contributed by atoms with Gasteiger partial charge in [0, 0.05) is 29.6 Å². The first-order valence-corrected chi connectivity index (χ1v) is 9.24. The van der Waals surface area contributed by atoms with Crippen molar-refractivity contribution in [1.29, 1.82) is 0 Å². The van der Waals surface area contributed by atoms with E-state index < -0.39 is 0 Å². The van der Waals surface area contributed by atoms with Gasteiger partial charge in [-0.05, 0) is 37.1 Å². The lowest BCUT2D eigenvalue weighted by Crippen LogP contribution is -2.53. The number of benzene rings is 1. The van der Waals surface area contributed by atoms with Crippen molar-refractivity contribution in [3.05, 3.63) is 54.7 Å². The topological polar surface area (TPSA) is 51.7 Å². The van der Waals surface area contributed by atoms with Crippen molar-refractivity contribution in [2.75, 3.05) is 26.4 Å². The zero-order valence-electron chi connectivity index (χ0n) is 14.8. The molecule has 0 bridgehead atoms. The second-order valence-corrected chi connectivity index (χ2v) is 6.98. The second-order valence-electron chi connectivity index (χ2n) is 6.98. The molecule has 5 heteroatoms. The fourth-order valence-electron chi connectivity index (χ4n) is 4.17. The van der Waals surface area contributed by atoms with Crippen LogP contribution in [-0.2, 0) is 9.47 Å². The van der Waals surface area contributed by atoms with Crippen LogP contribution in [0, 0.1) is 5.92 Å². The van der Waals surface area contributed by atoms with Crippen LogP contribution in [0.5, 0.6) is 0 Å². The minimum atomic E-state index is 0.0691. The van der Waals surface area contributed by atoms with Crippen molar-refractivity contribution in [2.24, 2.45) is 5.92 Å². The third-order valence-corrected chi connectivity index (χ3v) is 5.40.